The molecule has 0 radical (unpaired) electrons. The van der Waals surface area contributed by atoms with E-state index in [0.717, 1.165) is 0 Å². The molecular weight excluding hydrogens is 214 g/mol. The number of rotatable bonds is 2. The molecule has 4 nitrogen and oxygen atoms in total. The lowest BCUT2D eigenvalue weighted by molar-refractivity contribution is -0.102. The Hall–Kier alpha value is 0.160. The standard InChI is InChI=1S/C7H14ClNO3S/c1-7(2,3)12-6-4-9(5-6)13(8,10)11/h6H,4-5H2,1-3H3. The highest BCUT2D eigenvalue weighted by atomic mass is 35.7. The van der Waals surface area contributed by atoms with Crippen LogP contribution in [0.5, 0.6) is 0 Å². The molecule has 0 atom stereocenters. The summed E-state index contributed by atoms with van der Waals surface area (Å²) in [6.07, 6.45) is -0.0199. The molecule has 0 amide bonds. The van der Waals surface area contributed by atoms with Crippen molar-refractivity contribution in [2.75, 3.05) is 13.1 Å². The molecule has 1 heterocycles. The van der Waals surface area contributed by atoms with Crippen LogP contribution in [0.2, 0.25) is 0 Å². The minimum absolute atomic E-state index is 0.0199. The number of ether oxygens (including phenoxy) is 1. The highest BCUT2D eigenvalue weighted by molar-refractivity contribution is 8.11. The summed E-state index contributed by atoms with van der Waals surface area (Å²) in [7, 11) is 1.59. The van der Waals surface area contributed by atoms with Crippen LogP contribution >= 0.6 is 10.7 Å². The fraction of sp³-hybridized carbons (Fsp3) is 1.00. The van der Waals surface area contributed by atoms with E-state index < -0.39 is 9.24 Å². The van der Waals surface area contributed by atoms with E-state index in [2.05, 4.69) is 0 Å². The van der Waals surface area contributed by atoms with Crippen molar-refractivity contribution >= 4 is 19.9 Å². The molecule has 6 heteroatoms. The van der Waals surface area contributed by atoms with Gasteiger partial charge in [0.15, 0.2) is 0 Å². The summed E-state index contributed by atoms with van der Waals surface area (Å²) in [6, 6.07) is 0. The third-order valence-corrected chi connectivity index (χ3v) is 3.14. The lowest BCUT2D eigenvalue weighted by Crippen LogP contribution is -2.55. The van der Waals surface area contributed by atoms with E-state index in [4.69, 9.17) is 15.4 Å². The van der Waals surface area contributed by atoms with Gasteiger partial charge in [0, 0.05) is 23.8 Å². The zero-order valence-corrected chi connectivity index (χ0v) is 9.52. The van der Waals surface area contributed by atoms with Crippen LogP contribution in [0, 0.1) is 0 Å². The SMILES string of the molecule is CC(C)(C)OC1CN(S(=O)(=O)Cl)C1. The normalized spacial score (nSPS) is 21.5. The fourth-order valence-electron chi connectivity index (χ4n) is 1.15. The lowest BCUT2D eigenvalue weighted by Gasteiger charge is -2.39. The van der Waals surface area contributed by atoms with Crippen molar-refractivity contribution in [2.24, 2.45) is 0 Å². The van der Waals surface area contributed by atoms with E-state index in [9.17, 15) is 8.42 Å². The minimum Gasteiger partial charge on any atom is -0.370 e. The predicted octanol–water partition coefficient (Wildman–Crippen LogP) is 0.969. The summed E-state index contributed by atoms with van der Waals surface area (Å²) in [6.45, 7) is 6.53. The van der Waals surface area contributed by atoms with Crippen molar-refractivity contribution in [3.8, 4) is 0 Å². The molecule has 1 saturated heterocycles. The summed E-state index contributed by atoms with van der Waals surface area (Å²) in [4.78, 5) is 0. The van der Waals surface area contributed by atoms with Crippen LogP contribution in [0.25, 0.3) is 0 Å². The molecule has 0 saturated carbocycles. The molecule has 0 N–H and O–H groups in total. The van der Waals surface area contributed by atoms with Gasteiger partial charge in [0.25, 0.3) is 9.24 Å². The highest BCUT2D eigenvalue weighted by Gasteiger charge is 2.37. The van der Waals surface area contributed by atoms with Gasteiger partial charge in [-0.2, -0.15) is 12.7 Å². The van der Waals surface area contributed by atoms with Crippen LogP contribution in [-0.2, 0) is 14.0 Å². The first kappa shape index (κ1) is 11.2. The molecule has 1 rings (SSSR count). The Labute approximate surface area is 83.4 Å². The van der Waals surface area contributed by atoms with Crippen LogP contribution in [0.15, 0.2) is 0 Å². The second kappa shape index (κ2) is 3.38. The molecule has 0 spiro atoms. The van der Waals surface area contributed by atoms with Crippen molar-refractivity contribution in [3.05, 3.63) is 0 Å². The van der Waals surface area contributed by atoms with Crippen molar-refractivity contribution in [1.29, 1.82) is 0 Å². The molecule has 0 unspecified atom stereocenters. The Morgan fingerprint density at radius 2 is 1.85 bits per heavy atom. The van der Waals surface area contributed by atoms with Crippen molar-refractivity contribution in [1.82, 2.24) is 4.31 Å². The Balaban J connectivity index is 2.35. The van der Waals surface area contributed by atoms with E-state index >= 15 is 0 Å². The summed E-state index contributed by atoms with van der Waals surface area (Å²) < 4.78 is 28.2. The Bertz CT molecular complexity index is 277. The minimum atomic E-state index is -3.53. The van der Waals surface area contributed by atoms with Crippen LogP contribution in [0.4, 0.5) is 0 Å². The molecule has 0 aromatic heterocycles. The Morgan fingerprint density at radius 1 is 1.38 bits per heavy atom. The third kappa shape index (κ3) is 3.42. The maximum Gasteiger partial charge on any atom is 0.299 e. The number of hydrogen-bond donors (Lipinski definition) is 0. The average molecular weight is 228 g/mol. The van der Waals surface area contributed by atoms with Gasteiger partial charge >= 0.3 is 0 Å². The average Bonchev–Trinajstić information content (AvgIpc) is 1.71. The van der Waals surface area contributed by atoms with Gasteiger partial charge in [-0.25, -0.2) is 0 Å². The van der Waals surface area contributed by atoms with Gasteiger partial charge in [-0.05, 0) is 20.8 Å². The Kier molecular flexibility index (Phi) is 2.92. The molecule has 13 heavy (non-hydrogen) atoms. The largest absolute Gasteiger partial charge is 0.370 e. The fourth-order valence-corrected chi connectivity index (χ4v) is 2.18. The van der Waals surface area contributed by atoms with Gasteiger partial charge < -0.3 is 4.74 Å². The molecule has 1 aliphatic heterocycles. The maximum absolute atomic E-state index is 10.8. The van der Waals surface area contributed by atoms with Gasteiger partial charge in [0.1, 0.15) is 0 Å². The van der Waals surface area contributed by atoms with Crippen LogP contribution < -0.4 is 0 Å². The van der Waals surface area contributed by atoms with Crippen LogP contribution in [0.1, 0.15) is 20.8 Å². The number of halogens is 1. The van der Waals surface area contributed by atoms with Gasteiger partial charge in [0.2, 0.25) is 0 Å². The summed E-state index contributed by atoms with van der Waals surface area (Å²) in [5.74, 6) is 0. The first-order valence-electron chi connectivity index (χ1n) is 4.06. The number of nitrogens with zero attached hydrogens (tertiary/aromatic N) is 1. The Morgan fingerprint density at radius 3 is 2.15 bits per heavy atom. The first-order chi connectivity index (χ1) is 5.68. The van der Waals surface area contributed by atoms with Crippen LogP contribution in [0.3, 0.4) is 0 Å². The van der Waals surface area contributed by atoms with Crippen molar-refractivity contribution in [3.63, 3.8) is 0 Å². The van der Waals surface area contributed by atoms with E-state index in [1.807, 2.05) is 20.8 Å². The summed E-state index contributed by atoms with van der Waals surface area (Å²) >= 11 is 0. The molecule has 0 aromatic carbocycles. The molecule has 1 aliphatic rings. The first-order valence-corrected chi connectivity index (χ1v) is 6.33. The van der Waals surface area contributed by atoms with Gasteiger partial charge in [0.05, 0.1) is 11.7 Å². The zero-order chi connectivity index (χ0) is 10.3. The maximum atomic E-state index is 10.8. The highest BCUT2D eigenvalue weighted by Crippen LogP contribution is 2.22. The second-order valence-corrected chi connectivity index (χ2v) is 6.62. The molecule has 0 bridgehead atoms. The van der Waals surface area contributed by atoms with Gasteiger partial charge in [-0.1, -0.05) is 0 Å². The molecule has 78 valence electrons. The van der Waals surface area contributed by atoms with Crippen molar-refractivity contribution < 1.29 is 13.2 Å². The number of hydrogen-bond acceptors (Lipinski definition) is 3. The van der Waals surface area contributed by atoms with Gasteiger partial charge in [-0.15, -0.1) is 0 Å². The molecule has 0 aromatic rings. The smallest absolute Gasteiger partial charge is 0.299 e. The van der Waals surface area contributed by atoms with E-state index in [-0.39, 0.29) is 11.7 Å². The predicted molar refractivity (Wildman–Crippen MR) is 51.0 cm³/mol. The monoisotopic (exact) mass is 227 g/mol. The second-order valence-electron chi connectivity index (χ2n) is 4.11. The topological polar surface area (TPSA) is 46.6 Å². The van der Waals surface area contributed by atoms with Crippen LogP contribution in [-0.4, -0.2) is 37.5 Å². The molecule has 1 fully saturated rings. The van der Waals surface area contributed by atoms with E-state index in [1.165, 1.54) is 4.31 Å². The third-order valence-electron chi connectivity index (χ3n) is 1.64. The molecule has 0 aliphatic carbocycles. The van der Waals surface area contributed by atoms with Gasteiger partial charge in [-0.3, -0.25) is 0 Å². The molecular formula is C7H14ClNO3S. The van der Waals surface area contributed by atoms with Crippen molar-refractivity contribution in [2.45, 2.75) is 32.5 Å². The van der Waals surface area contributed by atoms with E-state index in [0.29, 0.717) is 13.1 Å². The summed E-state index contributed by atoms with van der Waals surface area (Å²) in [5, 5.41) is 0. The van der Waals surface area contributed by atoms with E-state index in [1.54, 1.807) is 0 Å². The quantitative estimate of drug-likeness (QED) is 0.661. The zero-order valence-electron chi connectivity index (χ0n) is 7.95. The lowest BCUT2D eigenvalue weighted by atomic mass is 10.1. The summed E-state index contributed by atoms with van der Waals surface area (Å²) in [5.41, 5.74) is -0.229.